The van der Waals surface area contributed by atoms with Crippen molar-refractivity contribution in [3.63, 3.8) is 0 Å². The van der Waals surface area contributed by atoms with Crippen LogP contribution in [-0.4, -0.2) is 15.8 Å². The van der Waals surface area contributed by atoms with Crippen molar-refractivity contribution in [2.75, 3.05) is 11.1 Å². The molecule has 1 amide bonds. The summed E-state index contributed by atoms with van der Waals surface area (Å²) in [5, 5.41) is 13.7. The Hall–Kier alpha value is -2.67. The van der Waals surface area contributed by atoms with E-state index in [0.29, 0.717) is 10.7 Å². The fourth-order valence-electron chi connectivity index (χ4n) is 1.51. The van der Waals surface area contributed by atoms with Crippen molar-refractivity contribution in [2.24, 2.45) is 0 Å². The van der Waals surface area contributed by atoms with Gasteiger partial charge in [0.2, 0.25) is 0 Å². The van der Waals surface area contributed by atoms with Crippen LogP contribution >= 0.6 is 11.6 Å². The van der Waals surface area contributed by atoms with Crippen LogP contribution in [0, 0.1) is 10.1 Å². The zero-order chi connectivity index (χ0) is 14.7. The number of rotatable bonds is 3. The summed E-state index contributed by atoms with van der Waals surface area (Å²) < 4.78 is 0. The van der Waals surface area contributed by atoms with E-state index < -0.39 is 10.8 Å². The zero-order valence-electron chi connectivity index (χ0n) is 10.0. The Morgan fingerprint density at radius 1 is 1.40 bits per heavy atom. The van der Waals surface area contributed by atoms with Crippen LogP contribution < -0.4 is 11.1 Å². The molecule has 0 aliphatic carbocycles. The summed E-state index contributed by atoms with van der Waals surface area (Å²) in [6.45, 7) is 0. The van der Waals surface area contributed by atoms with Gasteiger partial charge in [0.25, 0.3) is 11.6 Å². The normalized spacial score (nSPS) is 10.1. The van der Waals surface area contributed by atoms with Crippen molar-refractivity contribution in [3.8, 4) is 0 Å². The highest BCUT2D eigenvalue weighted by Crippen LogP contribution is 2.20. The van der Waals surface area contributed by atoms with E-state index in [-0.39, 0.29) is 17.1 Å². The van der Waals surface area contributed by atoms with E-state index >= 15 is 0 Å². The number of nitrogens with two attached hydrogens (primary N) is 1. The highest BCUT2D eigenvalue weighted by molar-refractivity contribution is 6.31. The van der Waals surface area contributed by atoms with Gasteiger partial charge < -0.3 is 11.1 Å². The number of hydrogen-bond acceptors (Lipinski definition) is 5. The van der Waals surface area contributed by atoms with Gasteiger partial charge in [-0.1, -0.05) is 17.7 Å². The maximum absolute atomic E-state index is 12.0. The predicted molar refractivity (Wildman–Crippen MR) is 74.7 cm³/mol. The molecule has 0 unspecified atom stereocenters. The quantitative estimate of drug-likeness (QED) is 0.667. The number of pyridine rings is 1. The van der Waals surface area contributed by atoms with Gasteiger partial charge in [0, 0.05) is 16.8 Å². The molecule has 0 spiro atoms. The van der Waals surface area contributed by atoms with Gasteiger partial charge in [-0.15, -0.1) is 0 Å². The third-order valence-corrected chi connectivity index (χ3v) is 2.68. The molecule has 102 valence electrons. The summed E-state index contributed by atoms with van der Waals surface area (Å²) in [5.41, 5.74) is 5.63. The van der Waals surface area contributed by atoms with E-state index in [1.807, 2.05) is 0 Å². The molecule has 0 bridgehead atoms. The van der Waals surface area contributed by atoms with E-state index in [1.165, 1.54) is 0 Å². The first kappa shape index (κ1) is 13.8. The fraction of sp³-hybridized carbons (Fsp3) is 0. The Kier molecular flexibility index (Phi) is 3.81. The smallest absolute Gasteiger partial charge is 0.288 e. The first-order valence-corrected chi connectivity index (χ1v) is 5.82. The number of amides is 1. The van der Waals surface area contributed by atoms with Crippen LogP contribution in [0.1, 0.15) is 10.4 Å². The first-order valence-electron chi connectivity index (χ1n) is 5.44. The topological polar surface area (TPSA) is 111 Å². The maximum Gasteiger partial charge on any atom is 0.288 e. The summed E-state index contributed by atoms with van der Waals surface area (Å²) in [6, 6.07) is 7.56. The molecule has 20 heavy (non-hydrogen) atoms. The van der Waals surface area contributed by atoms with Crippen LogP contribution in [-0.2, 0) is 0 Å². The molecular weight excluding hydrogens is 284 g/mol. The van der Waals surface area contributed by atoms with E-state index in [0.717, 1.165) is 12.3 Å². The zero-order valence-corrected chi connectivity index (χ0v) is 10.8. The summed E-state index contributed by atoms with van der Waals surface area (Å²) in [4.78, 5) is 25.7. The molecule has 2 aromatic rings. The van der Waals surface area contributed by atoms with Crippen molar-refractivity contribution in [2.45, 2.75) is 0 Å². The van der Waals surface area contributed by atoms with Crippen LogP contribution in [0.4, 0.5) is 17.2 Å². The van der Waals surface area contributed by atoms with Crippen LogP contribution in [0.25, 0.3) is 0 Å². The average molecular weight is 293 g/mol. The highest BCUT2D eigenvalue weighted by Gasteiger charge is 2.16. The number of benzene rings is 1. The molecule has 0 radical (unpaired) electrons. The molecular formula is C12H9ClN4O3. The second kappa shape index (κ2) is 5.54. The van der Waals surface area contributed by atoms with Gasteiger partial charge in [-0.05, 0) is 18.2 Å². The molecule has 8 heteroatoms. The molecule has 1 heterocycles. The lowest BCUT2D eigenvalue weighted by atomic mass is 10.2. The van der Waals surface area contributed by atoms with Crippen LogP contribution in [0.2, 0.25) is 5.02 Å². The Morgan fingerprint density at radius 2 is 2.15 bits per heavy atom. The lowest BCUT2D eigenvalue weighted by Gasteiger charge is -2.07. The Balaban J connectivity index is 2.29. The number of halogens is 1. The van der Waals surface area contributed by atoms with Gasteiger partial charge in [0.1, 0.15) is 12.0 Å². The Bertz CT molecular complexity index is 690. The third kappa shape index (κ3) is 3.01. The van der Waals surface area contributed by atoms with Crippen LogP contribution in [0.15, 0.2) is 36.5 Å². The molecule has 0 saturated carbocycles. The second-order valence-corrected chi connectivity index (χ2v) is 4.28. The molecule has 3 N–H and O–H groups in total. The fourth-order valence-corrected chi connectivity index (χ4v) is 1.70. The van der Waals surface area contributed by atoms with Crippen molar-refractivity contribution >= 4 is 34.7 Å². The number of nitrogens with zero attached hydrogens (tertiary/aromatic N) is 2. The molecule has 0 aliphatic heterocycles. The minimum atomic E-state index is -0.650. The number of hydrogen-bond donors (Lipinski definition) is 2. The molecule has 1 aromatic heterocycles. The molecule has 0 fully saturated rings. The van der Waals surface area contributed by atoms with Crippen LogP contribution in [0.5, 0.6) is 0 Å². The molecule has 7 nitrogen and oxygen atoms in total. The van der Waals surface area contributed by atoms with Gasteiger partial charge in [0.05, 0.1) is 10.5 Å². The number of carbonyl (C=O) groups excluding carboxylic acids is 1. The summed E-state index contributed by atoms with van der Waals surface area (Å²) >= 11 is 5.79. The van der Waals surface area contributed by atoms with Gasteiger partial charge in [0.15, 0.2) is 0 Å². The second-order valence-electron chi connectivity index (χ2n) is 3.85. The number of nitrogens with one attached hydrogen (secondary N) is 1. The van der Waals surface area contributed by atoms with Crippen LogP contribution in [0.3, 0.4) is 0 Å². The average Bonchev–Trinajstić information content (AvgIpc) is 2.38. The molecule has 0 saturated heterocycles. The minimum absolute atomic E-state index is 0.0702. The van der Waals surface area contributed by atoms with E-state index in [9.17, 15) is 14.9 Å². The summed E-state index contributed by atoms with van der Waals surface area (Å²) in [6.07, 6.45) is 0.992. The van der Waals surface area contributed by atoms with Gasteiger partial charge in [-0.3, -0.25) is 14.9 Å². The first-order chi connectivity index (χ1) is 9.47. The van der Waals surface area contributed by atoms with E-state index in [2.05, 4.69) is 10.3 Å². The number of nitro groups is 1. The van der Waals surface area contributed by atoms with Gasteiger partial charge >= 0.3 is 0 Å². The van der Waals surface area contributed by atoms with Gasteiger partial charge in [-0.2, -0.15) is 0 Å². The largest absolute Gasteiger partial charge is 0.383 e. The van der Waals surface area contributed by atoms with Crippen molar-refractivity contribution < 1.29 is 9.72 Å². The number of anilines is 2. The molecule has 0 atom stereocenters. The number of nitrogen functional groups attached to an aromatic ring is 1. The lowest BCUT2D eigenvalue weighted by Crippen LogP contribution is -2.15. The van der Waals surface area contributed by atoms with Crippen molar-refractivity contribution in [3.05, 3.63) is 57.2 Å². The number of aromatic nitrogens is 1. The standard InChI is InChI=1S/C12H9ClN4O3/c13-7-2-1-3-8(4-7)16-12(18)10-5-9(17(19)20)6-15-11(10)14/h1-6H,(H2,14,15)(H,16,18). The minimum Gasteiger partial charge on any atom is -0.383 e. The molecule has 1 aromatic carbocycles. The van der Waals surface area contributed by atoms with E-state index in [1.54, 1.807) is 24.3 Å². The number of carbonyl (C=O) groups is 1. The maximum atomic E-state index is 12.0. The summed E-state index contributed by atoms with van der Waals surface area (Å²) in [5.74, 6) is -0.684. The van der Waals surface area contributed by atoms with Crippen molar-refractivity contribution in [1.29, 1.82) is 0 Å². The monoisotopic (exact) mass is 292 g/mol. The van der Waals surface area contributed by atoms with Gasteiger partial charge in [-0.25, -0.2) is 4.98 Å². The molecule has 2 rings (SSSR count). The highest BCUT2D eigenvalue weighted by atomic mass is 35.5. The summed E-state index contributed by atoms with van der Waals surface area (Å²) in [7, 11) is 0. The predicted octanol–water partition coefficient (Wildman–Crippen LogP) is 2.48. The Labute approximate surface area is 118 Å². The Morgan fingerprint density at radius 3 is 2.80 bits per heavy atom. The van der Waals surface area contributed by atoms with Crippen molar-refractivity contribution in [1.82, 2.24) is 4.98 Å². The molecule has 0 aliphatic rings. The lowest BCUT2D eigenvalue weighted by molar-refractivity contribution is -0.385. The van der Waals surface area contributed by atoms with E-state index in [4.69, 9.17) is 17.3 Å². The third-order valence-electron chi connectivity index (χ3n) is 2.44. The SMILES string of the molecule is Nc1ncc([N+](=O)[O-])cc1C(=O)Nc1cccc(Cl)c1.